The number of piperidine rings is 1. The lowest BCUT2D eigenvalue weighted by atomic mass is 9.70. The number of fused-ring (bicyclic) bond motifs is 4. The van der Waals surface area contributed by atoms with E-state index in [2.05, 4.69) is 19.9 Å². The summed E-state index contributed by atoms with van der Waals surface area (Å²) in [5.74, 6) is 0.119. The van der Waals surface area contributed by atoms with Gasteiger partial charge in [0.15, 0.2) is 0 Å². The first-order valence-electron chi connectivity index (χ1n) is 9.86. The highest BCUT2D eigenvalue weighted by atomic mass is 16.5. The number of carbonyl (C=O) groups excluding carboxylic acids is 1. The van der Waals surface area contributed by atoms with E-state index >= 15 is 0 Å². The second-order valence-electron chi connectivity index (χ2n) is 8.46. The summed E-state index contributed by atoms with van der Waals surface area (Å²) in [5.41, 5.74) is 0.770. The van der Waals surface area contributed by atoms with Crippen molar-refractivity contribution in [3.63, 3.8) is 0 Å². The van der Waals surface area contributed by atoms with Crippen molar-refractivity contribution >= 4 is 11.9 Å². The van der Waals surface area contributed by atoms with Crippen LogP contribution in [-0.2, 0) is 19.1 Å². The summed E-state index contributed by atoms with van der Waals surface area (Å²) < 4.78 is 17.8. The Balaban J connectivity index is 1.45. The molecule has 3 aliphatic heterocycles. The molecule has 1 aromatic carbocycles. The molecular formula is C21H27NO6. The zero-order valence-corrected chi connectivity index (χ0v) is 16.3. The van der Waals surface area contributed by atoms with Crippen molar-refractivity contribution in [1.82, 2.24) is 4.90 Å². The molecule has 0 aromatic heterocycles. The van der Waals surface area contributed by atoms with Crippen LogP contribution in [0.1, 0.15) is 38.4 Å². The lowest BCUT2D eigenvalue weighted by Gasteiger charge is -2.53. The van der Waals surface area contributed by atoms with Gasteiger partial charge >= 0.3 is 5.97 Å². The average molecular weight is 389 g/mol. The molecule has 0 unspecified atom stereocenters. The molecule has 1 N–H and O–H groups in total. The molecular weight excluding hydrogens is 362 g/mol. The van der Waals surface area contributed by atoms with E-state index in [4.69, 9.17) is 19.3 Å². The number of carboxylic acid groups (broad SMARTS) is 1. The molecule has 152 valence electrons. The van der Waals surface area contributed by atoms with Crippen molar-refractivity contribution in [2.45, 2.75) is 44.5 Å². The largest absolute Gasteiger partial charge is 0.487 e. The molecule has 0 radical (unpaired) electrons. The number of likely N-dealkylation sites (tertiary alicyclic amines) is 1. The fourth-order valence-electron chi connectivity index (χ4n) is 4.80. The third-order valence-electron chi connectivity index (χ3n) is 6.20. The third kappa shape index (κ3) is 3.61. The van der Waals surface area contributed by atoms with Crippen LogP contribution in [0.25, 0.3) is 0 Å². The molecule has 7 heteroatoms. The van der Waals surface area contributed by atoms with Gasteiger partial charge in [-0.2, -0.15) is 0 Å². The van der Waals surface area contributed by atoms with E-state index in [0.29, 0.717) is 13.1 Å². The number of hydrogen-bond donors (Lipinski definition) is 1. The Morgan fingerprint density at radius 2 is 2.07 bits per heavy atom. The summed E-state index contributed by atoms with van der Waals surface area (Å²) >= 11 is 0. The maximum absolute atomic E-state index is 12.4. The maximum atomic E-state index is 12.4. The molecule has 3 aliphatic rings. The quantitative estimate of drug-likeness (QED) is 0.850. The van der Waals surface area contributed by atoms with E-state index < -0.39 is 12.6 Å². The normalized spacial score (nSPS) is 30.4. The van der Waals surface area contributed by atoms with Gasteiger partial charge in [-0.05, 0) is 32.8 Å². The molecule has 7 nitrogen and oxygen atoms in total. The van der Waals surface area contributed by atoms with Crippen molar-refractivity contribution in [2.24, 2.45) is 11.8 Å². The topological polar surface area (TPSA) is 85.3 Å². The van der Waals surface area contributed by atoms with Gasteiger partial charge in [-0.25, -0.2) is 4.79 Å². The number of amides is 1. The molecule has 0 spiro atoms. The second-order valence-corrected chi connectivity index (χ2v) is 8.46. The highest BCUT2D eigenvalue weighted by Gasteiger charge is 2.51. The predicted octanol–water partition coefficient (Wildman–Crippen LogP) is 2.25. The molecule has 0 bridgehead atoms. The fourth-order valence-corrected chi connectivity index (χ4v) is 4.80. The standard InChI is InChI=1S/C21H27NO6/c1-21(2)15-9-13-10-22(18(23)11-26-12-19(24)25)8-7-16(13)27-20(15)14-5-3-4-6-17(14)28-21/h3-6,13,15-16,20H,7-12H2,1-2H3,(H,24,25)/t13-,15-,16-,20+/m0/s1. The minimum Gasteiger partial charge on any atom is -0.487 e. The summed E-state index contributed by atoms with van der Waals surface area (Å²) in [5, 5.41) is 8.64. The van der Waals surface area contributed by atoms with E-state index in [1.807, 2.05) is 18.2 Å². The smallest absolute Gasteiger partial charge is 0.329 e. The molecule has 2 fully saturated rings. The lowest BCUT2D eigenvalue weighted by molar-refractivity contribution is -0.189. The van der Waals surface area contributed by atoms with Crippen molar-refractivity contribution < 1.29 is 28.9 Å². The number of nitrogens with zero attached hydrogens (tertiary/aromatic N) is 1. The fraction of sp³-hybridized carbons (Fsp3) is 0.619. The van der Waals surface area contributed by atoms with Crippen molar-refractivity contribution in [1.29, 1.82) is 0 Å². The van der Waals surface area contributed by atoms with Gasteiger partial charge in [-0.1, -0.05) is 18.2 Å². The first kappa shape index (κ1) is 19.2. The molecule has 3 heterocycles. The minimum atomic E-state index is -1.07. The summed E-state index contributed by atoms with van der Waals surface area (Å²) in [6.45, 7) is 4.78. The molecule has 0 saturated carbocycles. The van der Waals surface area contributed by atoms with Crippen LogP contribution in [0.2, 0.25) is 0 Å². The summed E-state index contributed by atoms with van der Waals surface area (Å²) in [6.07, 6.45) is 1.84. The molecule has 2 saturated heterocycles. The Hall–Kier alpha value is -2.12. The number of rotatable bonds is 4. The van der Waals surface area contributed by atoms with Gasteiger partial charge in [-0.15, -0.1) is 0 Å². The van der Waals surface area contributed by atoms with Crippen LogP contribution in [0.3, 0.4) is 0 Å². The summed E-state index contributed by atoms with van der Waals surface area (Å²) in [6, 6.07) is 8.09. The number of carbonyl (C=O) groups is 2. The Kier molecular flexibility index (Phi) is 5.05. The van der Waals surface area contributed by atoms with Crippen LogP contribution in [0.4, 0.5) is 0 Å². The van der Waals surface area contributed by atoms with Crippen LogP contribution in [-0.4, -0.2) is 59.9 Å². The van der Waals surface area contributed by atoms with Gasteiger partial charge in [0.05, 0.1) is 12.2 Å². The minimum absolute atomic E-state index is 0.0161. The zero-order valence-electron chi connectivity index (χ0n) is 16.3. The Labute approximate surface area is 164 Å². The van der Waals surface area contributed by atoms with Crippen LogP contribution < -0.4 is 4.74 Å². The number of ether oxygens (including phenoxy) is 3. The predicted molar refractivity (Wildman–Crippen MR) is 100 cm³/mol. The number of para-hydroxylation sites is 1. The van der Waals surface area contributed by atoms with Crippen molar-refractivity contribution in [2.75, 3.05) is 26.3 Å². The number of benzene rings is 1. The number of carboxylic acids is 1. The lowest BCUT2D eigenvalue weighted by Crippen LogP contribution is -2.56. The van der Waals surface area contributed by atoms with Gasteiger partial charge in [0.1, 0.15) is 24.6 Å². The highest BCUT2D eigenvalue weighted by Crippen LogP contribution is 2.52. The maximum Gasteiger partial charge on any atom is 0.329 e. The van der Waals surface area contributed by atoms with Gasteiger partial charge in [0.2, 0.25) is 5.91 Å². The van der Waals surface area contributed by atoms with Gasteiger partial charge < -0.3 is 24.2 Å². The Morgan fingerprint density at radius 3 is 2.86 bits per heavy atom. The Bertz CT molecular complexity index is 763. The summed E-state index contributed by atoms with van der Waals surface area (Å²) in [4.78, 5) is 24.7. The zero-order chi connectivity index (χ0) is 19.9. The average Bonchev–Trinajstić information content (AvgIpc) is 2.66. The number of aliphatic carboxylic acids is 1. The number of hydrogen-bond acceptors (Lipinski definition) is 5. The van der Waals surface area contributed by atoms with Gasteiger partial charge in [-0.3, -0.25) is 4.79 Å². The van der Waals surface area contributed by atoms with Crippen LogP contribution in [0.5, 0.6) is 5.75 Å². The SMILES string of the molecule is CC1(C)Oc2ccccc2[C@H]2O[C@H]3CCN(C(=O)COCC(=O)O)C[C@@H]3C[C@@H]21. The molecule has 28 heavy (non-hydrogen) atoms. The third-order valence-corrected chi connectivity index (χ3v) is 6.20. The van der Waals surface area contributed by atoms with E-state index in [1.165, 1.54) is 0 Å². The first-order chi connectivity index (χ1) is 13.3. The molecule has 0 aliphatic carbocycles. The molecule has 1 amide bonds. The van der Waals surface area contributed by atoms with Crippen LogP contribution in [0, 0.1) is 11.8 Å². The van der Waals surface area contributed by atoms with Gasteiger partial charge in [0, 0.05) is 30.5 Å². The second kappa shape index (κ2) is 7.37. The van der Waals surface area contributed by atoms with E-state index in [-0.39, 0.29) is 42.2 Å². The molecule has 1 aromatic rings. The van der Waals surface area contributed by atoms with E-state index in [9.17, 15) is 9.59 Å². The van der Waals surface area contributed by atoms with Crippen LogP contribution in [0.15, 0.2) is 24.3 Å². The van der Waals surface area contributed by atoms with Crippen molar-refractivity contribution in [3.8, 4) is 5.75 Å². The van der Waals surface area contributed by atoms with Crippen molar-refractivity contribution in [3.05, 3.63) is 29.8 Å². The van der Waals surface area contributed by atoms with Crippen LogP contribution >= 0.6 is 0 Å². The monoisotopic (exact) mass is 389 g/mol. The Morgan fingerprint density at radius 1 is 1.29 bits per heavy atom. The van der Waals surface area contributed by atoms with E-state index in [0.717, 1.165) is 24.2 Å². The summed E-state index contributed by atoms with van der Waals surface area (Å²) in [7, 11) is 0. The molecule has 4 atom stereocenters. The first-order valence-corrected chi connectivity index (χ1v) is 9.86. The van der Waals surface area contributed by atoms with E-state index in [1.54, 1.807) is 4.90 Å². The molecule has 4 rings (SSSR count). The highest BCUT2D eigenvalue weighted by molar-refractivity contribution is 5.78. The van der Waals surface area contributed by atoms with Gasteiger partial charge in [0.25, 0.3) is 0 Å².